The molecule has 1 amide bonds. The van der Waals surface area contributed by atoms with Gasteiger partial charge < -0.3 is 5.32 Å². The summed E-state index contributed by atoms with van der Waals surface area (Å²) < 4.78 is 3.16. The van der Waals surface area contributed by atoms with E-state index in [2.05, 4.69) is 51.8 Å². The van der Waals surface area contributed by atoms with Crippen molar-refractivity contribution in [2.24, 2.45) is 0 Å². The number of hydrogen-bond donors (Lipinski definition) is 1. The summed E-state index contributed by atoms with van der Waals surface area (Å²) in [4.78, 5) is 17.8. The number of benzene rings is 1. The van der Waals surface area contributed by atoms with Crippen LogP contribution in [0.5, 0.6) is 0 Å². The van der Waals surface area contributed by atoms with Crippen molar-refractivity contribution in [3.05, 3.63) is 76.7 Å². The standard InChI is InChI=1S/C20H16N4OS/c25-20-17-12-23-24(18(17)6-8-22-20)15-5-7-21-14(10-15)11-16-9-13-3-1-2-4-19(13)26-16/h1-5,7,9-10,12H,6,8,11H2,(H,22,25). The Labute approximate surface area is 154 Å². The number of rotatable bonds is 3. The Bertz CT molecular complexity index is 1090. The van der Waals surface area contributed by atoms with Crippen LogP contribution in [0.15, 0.2) is 54.9 Å². The Balaban J connectivity index is 1.48. The summed E-state index contributed by atoms with van der Waals surface area (Å²) in [6.07, 6.45) is 5.04. The van der Waals surface area contributed by atoms with E-state index in [0.717, 1.165) is 29.9 Å². The average molecular weight is 360 g/mol. The molecule has 1 N–H and O–H groups in total. The van der Waals surface area contributed by atoms with Crippen LogP contribution in [0.4, 0.5) is 0 Å². The number of nitrogens with zero attached hydrogens (tertiary/aromatic N) is 3. The SMILES string of the molecule is O=C1NCCc2c1cnn2-c1ccnc(Cc2cc3ccccc3s2)c1. The fraction of sp³-hybridized carbons (Fsp3) is 0.150. The monoisotopic (exact) mass is 360 g/mol. The fourth-order valence-corrected chi connectivity index (χ4v) is 4.49. The lowest BCUT2D eigenvalue weighted by molar-refractivity contribution is 0.0945. The Hall–Kier alpha value is -2.99. The van der Waals surface area contributed by atoms with Crippen molar-refractivity contribution < 1.29 is 4.79 Å². The zero-order chi connectivity index (χ0) is 17.5. The van der Waals surface area contributed by atoms with E-state index < -0.39 is 0 Å². The number of thiophene rings is 1. The number of carbonyl (C=O) groups is 1. The van der Waals surface area contributed by atoms with Crippen LogP contribution in [0.2, 0.25) is 0 Å². The first-order valence-electron chi connectivity index (χ1n) is 8.56. The smallest absolute Gasteiger partial charge is 0.254 e. The Morgan fingerprint density at radius 2 is 2.12 bits per heavy atom. The van der Waals surface area contributed by atoms with Crippen LogP contribution in [0, 0.1) is 0 Å². The van der Waals surface area contributed by atoms with Gasteiger partial charge in [0.15, 0.2) is 0 Å². The zero-order valence-corrected chi connectivity index (χ0v) is 14.8. The maximum absolute atomic E-state index is 11.9. The van der Waals surface area contributed by atoms with Gasteiger partial charge in [0, 0.05) is 40.9 Å². The molecule has 0 unspecified atom stereocenters. The van der Waals surface area contributed by atoms with Gasteiger partial charge in [0.05, 0.1) is 23.1 Å². The first kappa shape index (κ1) is 15.3. The molecular weight excluding hydrogens is 344 g/mol. The van der Waals surface area contributed by atoms with Gasteiger partial charge in [0.1, 0.15) is 0 Å². The van der Waals surface area contributed by atoms with E-state index >= 15 is 0 Å². The summed E-state index contributed by atoms with van der Waals surface area (Å²) in [5.41, 5.74) is 3.58. The van der Waals surface area contributed by atoms with Gasteiger partial charge in [-0.05, 0) is 29.7 Å². The topological polar surface area (TPSA) is 59.8 Å². The molecule has 5 rings (SSSR count). The number of aromatic nitrogens is 3. The molecule has 0 radical (unpaired) electrons. The number of carbonyl (C=O) groups excluding carboxylic acids is 1. The van der Waals surface area contributed by atoms with Crippen molar-refractivity contribution in [2.75, 3.05) is 6.54 Å². The van der Waals surface area contributed by atoms with E-state index in [1.54, 1.807) is 17.5 Å². The quantitative estimate of drug-likeness (QED) is 0.609. The summed E-state index contributed by atoms with van der Waals surface area (Å²) in [7, 11) is 0. The lowest BCUT2D eigenvalue weighted by atomic mass is 10.1. The second-order valence-electron chi connectivity index (χ2n) is 6.36. The van der Waals surface area contributed by atoms with Crippen LogP contribution in [0.25, 0.3) is 15.8 Å². The predicted octanol–water partition coefficient (Wildman–Crippen LogP) is 3.36. The molecule has 1 aromatic carbocycles. The third-order valence-corrected chi connectivity index (χ3v) is 5.75. The molecule has 1 aliphatic heterocycles. The molecule has 6 heteroatoms. The second kappa shape index (κ2) is 6.07. The van der Waals surface area contributed by atoms with E-state index in [9.17, 15) is 4.79 Å². The van der Waals surface area contributed by atoms with Crippen molar-refractivity contribution >= 4 is 27.3 Å². The normalized spacial score (nSPS) is 13.6. The molecule has 3 aromatic heterocycles. The molecule has 0 bridgehead atoms. The number of hydrogen-bond acceptors (Lipinski definition) is 4. The molecule has 0 spiro atoms. The molecule has 0 saturated heterocycles. The summed E-state index contributed by atoms with van der Waals surface area (Å²) >= 11 is 1.80. The third-order valence-electron chi connectivity index (χ3n) is 4.64. The van der Waals surface area contributed by atoms with E-state index in [0.29, 0.717) is 12.1 Å². The minimum absolute atomic E-state index is 0.0444. The molecule has 128 valence electrons. The minimum Gasteiger partial charge on any atom is -0.352 e. The molecular formula is C20H16N4OS. The Morgan fingerprint density at radius 1 is 1.19 bits per heavy atom. The van der Waals surface area contributed by atoms with Crippen LogP contribution in [-0.4, -0.2) is 27.2 Å². The molecule has 4 aromatic rings. The van der Waals surface area contributed by atoms with Gasteiger partial charge in [0.2, 0.25) is 0 Å². The molecule has 0 saturated carbocycles. The van der Waals surface area contributed by atoms with Gasteiger partial charge in [-0.25, -0.2) is 4.68 Å². The van der Waals surface area contributed by atoms with Crippen LogP contribution in [-0.2, 0) is 12.8 Å². The number of fused-ring (bicyclic) bond motifs is 2. The summed E-state index contributed by atoms with van der Waals surface area (Å²) in [5, 5.41) is 8.56. The highest BCUT2D eigenvalue weighted by atomic mass is 32.1. The lowest BCUT2D eigenvalue weighted by Crippen LogP contribution is -2.32. The van der Waals surface area contributed by atoms with E-state index in [1.807, 2.05) is 16.9 Å². The van der Waals surface area contributed by atoms with Gasteiger partial charge in [-0.2, -0.15) is 5.10 Å². The molecule has 26 heavy (non-hydrogen) atoms. The van der Waals surface area contributed by atoms with Crippen molar-refractivity contribution in [1.29, 1.82) is 0 Å². The van der Waals surface area contributed by atoms with Crippen LogP contribution >= 0.6 is 11.3 Å². The van der Waals surface area contributed by atoms with Gasteiger partial charge in [0.25, 0.3) is 5.91 Å². The summed E-state index contributed by atoms with van der Waals surface area (Å²) in [6.45, 7) is 0.650. The zero-order valence-electron chi connectivity index (χ0n) is 14.0. The van der Waals surface area contributed by atoms with Crippen molar-refractivity contribution in [2.45, 2.75) is 12.8 Å². The first-order valence-corrected chi connectivity index (χ1v) is 9.37. The van der Waals surface area contributed by atoms with Gasteiger partial charge in [-0.15, -0.1) is 11.3 Å². The number of amides is 1. The van der Waals surface area contributed by atoms with Crippen LogP contribution in [0.3, 0.4) is 0 Å². The van der Waals surface area contributed by atoms with E-state index in [4.69, 9.17) is 0 Å². The van der Waals surface area contributed by atoms with E-state index in [-0.39, 0.29) is 5.91 Å². The summed E-state index contributed by atoms with van der Waals surface area (Å²) in [5.74, 6) is -0.0444. The molecule has 0 atom stereocenters. The summed E-state index contributed by atoms with van der Waals surface area (Å²) in [6, 6.07) is 14.6. The maximum atomic E-state index is 11.9. The highest BCUT2D eigenvalue weighted by Gasteiger charge is 2.22. The third kappa shape index (κ3) is 2.59. The molecule has 5 nitrogen and oxygen atoms in total. The number of nitrogens with one attached hydrogen (secondary N) is 1. The van der Waals surface area contributed by atoms with Gasteiger partial charge in [-0.3, -0.25) is 9.78 Å². The highest BCUT2D eigenvalue weighted by molar-refractivity contribution is 7.19. The predicted molar refractivity (Wildman–Crippen MR) is 102 cm³/mol. The van der Waals surface area contributed by atoms with Crippen molar-refractivity contribution in [1.82, 2.24) is 20.1 Å². The van der Waals surface area contributed by atoms with Crippen LogP contribution in [0.1, 0.15) is 26.6 Å². The largest absolute Gasteiger partial charge is 0.352 e. The molecule has 0 fully saturated rings. The Morgan fingerprint density at radius 3 is 3.04 bits per heavy atom. The maximum Gasteiger partial charge on any atom is 0.254 e. The van der Waals surface area contributed by atoms with E-state index in [1.165, 1.54) is 15.0 Å². The van der Waals surface area contributed by atoms with Crippen molar-refractivity contribution in [3.8, 4) is 5.69 Å². The fourth-order valence-electron chi connectivity index (χ4n) is 3.41. The number of pyridine rings is 1. The lowest BCUT2D eigenvalue weighted by Gasteiger charge is -2.15. The average Bonchev–Trinajstić information content (AvgIpc) is 3.26. The van der Waals surface area contributed by atoms with Crippen molar-refractivity contribution in [3.63, 3.8) is 0 Å². The molecule has 0 aliphatic carbocycles. The van der Waals surface area contributed by atoms with Crippen LogP contribution < -0.4 is 5.32 Å². The van der Waals surface area contributed by atoms with Gasteiger partial charge in [-0.1, -0.05) is 18.2 Å². The highest BCUT2D eigenvalue weighted by Crippen LogP contribution is 2.27. The first-order chi connectivity index (χ1) is 12.8. The second-order valence-corrected chi connectivity index (χ2v) is 7.52. The van der Waals surface area contributed by atoms with Gasteiger partial charge >= 0.3 is 0 Å². The minimum atomic E-state index is -0.0444. The molecule has 4 heterocycles. The Kier molecular flexibility index (Phi) is 3.57. The molecule has 1 aliphatic rings.